The molecule has 1 aliphatic heterocycles. The maximum Gasteiger partial charge on any atom is 0.421 e. The molecule has 1 fully saturated rings. The van der Waals surface area contributed by atoms with Crippen LogP contribution in [0.1, 0.15) is 19.3 Å². The first-order valence-corrected chi connectivity index (χ1v) is 8.71. The van der Waals surface area contributed by atoms with E-state index in [2.05, 4.69) is 14.3 Å². The monoisotopic (exact) mass is 357 g/mol. The molecular weight excluding hydrogens is 337 g/mol. The lowest BCUT2D eigenvalue weighted by Crippen LogP contribution is -2.43. The molecule has 136 valence electrons. The average molecular weight is 357 g/mol. The van der Waals surface area contributed by atoms with Crippen LogP contribution in [0.25, 0.3) is 10.9 Å². The van der Waals surface area contributed by atoms with E-state index in [4.69, 9.17) is 0 Å². The first-order valence-electron chi connectivity index (χ1n) is 8.71. The second-order valence-electron chi connectivity index (χ2n) is 6.76. The number of aromatic hydroxyl groups is 1. The topological polar surface area (TPSA) is 71.5 Å². The Kier molecular flexibility index (Phi) is 4.14. The third-order valence-electron chi connectivity index (χ3n) is 5.11. The molecule has 3 heterocycles. The predicted molar refractivity (Wildman–Crippen MR) is 96.3 cm³/mol. The number of piperidine rings is 1. The average Bonchev–Trinajstić information content (AvgIpc) is 2.98. The highest BCUT2D eigenvalue weighted by molar-refractivity contribution is 5.80. The quantitative estimate of drug-likeness (QED) is 0.777. The molecule has 1 aliphatic rings. The van der Waals surface area contributed by atoms with Gasteiger partial charge >= 0.3 is 5.76 Å². The van der Waals surface area contributed by atoms with E-state index in [9.17, 15) is 9.90 Å². The van der Waals surface area contributed by atoms with Crippen molar-refractivity contribution in [2.75, 3.05) is 18.0 Å². The predicted octanol–water partition coefficient (Wildman–Crippen LogP) is 3.09. The SMILES string of the molecule is O=c1occ(O)n1CCC1(F)CCN(c2ccc3ccccc3n2)CC1. The van der Waals surface area contributed by atoms with Crippen molar-refractivity contribution in [2.45, 2.75) is 31.5 Å². The van der Waals surface area contributed by atoms with Gasteiger partial charge in [-0.15, -0.1) is 0 Å². The van der Waals surface area contributed by atoms with Crippen LogP contribution in [0.2, 0.25) is 0 Å². The fourth-order valence-corrected chi connectivity index (χ4v) is 3.46. The van der Waals surface area contributed by atoms with Crippen LogP contribution in [0.5, 0.6) is 5.88 Å². The molecule has 6 nitrogen and oxygen atoms in total. The molecular formula is C19H20FN3O3. The molecule has 0 amide bonds. The summed E-state index contributed by atoms with van der Waals surface area (Å²) in [6, 6.07) is 11.9. The van der Waals surface area contributed by atoms with Crippen molar-refractivity contribution in [3.8, 4) is 5.88 Å². The zero-order valence-electron chi connectivity index (χ0n) is 14.3. The summed E-state index contributed by atoms with van der Waals surface area (Å²) < 4.78 is 20.7. The Hall–Kier alpha value is -2.83. The number of anilines is 1. The fourth-order valence-electron chi connectivity index (χ4n) is 3.46. The van der Waals surface area contributed by atoms with E-state index in [0.29, 0.717) is 25.9 Å². The Balaban J connectivity index is 1.41. The molecule has 26 heavy (non-hydrogen) atoms. The second-order valence-corrected chi connectivity index (χ2v) is 6.76. The molecule has 1 N–H and O–H groups in total. The standard InChI is InChI=1S/C19H20FN3O3/c20-19(9-12-23-17(24)13-26-18(23)25)7-10-22(11-8-19)16-6-5-14-3-1-2-4-15(14)21-16/h1-6,13,24H,7-12H2. The van der Waals surface area contributed by atoms with Crippen molar-refractivity contribution in [3.05, 3.63) is 53.2 Å². The van der Waals surface area contributed by atoms with Gasteiger partial charge in [0.15, 0.2) is 6.26 Å². The molecule has 0 saturated carbocycles. The maximum atomic E-state index is 15.1. The largest absolute Gasteiger partial charge is 0.492 e. The van der Waals surface area contributed by atoms with Crippen molar-refractivity contribution < 1.29 is 13.9 Å². The molecule has 0 unspecified atom stereocenters. The number of nitrogens with zero attached hydrogens (tertiary/aromatic N) is 3. The number of benzene rings is 1. The van der Waals surface area contributed by atoms with Crippen molar-refractivity contribution in [1.82, 2.24) is 9.55 Å². The Labute approximate surface area is 149 Å². The minimum Gasteiger partial charge on any atom is -0.492 e. The van der Waals surface area contributed by atoms with Gasteiger partial charge in [0.05, 0.1) is 5.52 Å². The highest BCUT2D eigenvalue weighted by Crippen LogP contribution is 2.33. The highest BCUT2D eigenvalue weighted by Gasteiger charge is 2.35. The van der Waals surface area contributed by atoms with Crippen LogP contribution >= 0.6 is 0 Å². The highest BCUT2D eigenvalue weighted by atomic mass is 19.1. The molecule has 0 aliphatic carbocycles. The summed E-state index contributed by atoms with van der Waals surface area (Å²) in [6.07, 6.45) is 1.85. The summed E-state index contributed by atoms with van der Waals surface area (Å²) >= 11 is 0. The van der Waals surface area contributed by atoms with E-state index in [0.717, 1.165) is 27.6 Å². The first kappa shape index (κ1) is 16.6. The summed E-state index contributed by atoms with van der Waals surface area (Å²) in [4.78, 5) is 18.2. The number of hydrogen-bond acceptors (Lipinski definition) is 5. The number of para-hydroxylation sites is 1. The van der Waals surface area contributed by atoms with Gasteiger partial charge in [-0.2, -0.15) is 0 Å². The molecule has 0 atom stereocenters. The van der Waals surface area contributed by atoms with Crippen molar-refractivity contribution in [1.29, 1.82) is 0 Å². The van der Waals surface area contributed by atoms with Gasteiger partial charge in [0, 0.05) is 25.0 Å². The zero-order valence-corrected chi connectivity index (χ0v) is 14.3. The van der Waals surface area contributed by atoms with Crippen LogP contribution in [0.15, 0.2) is 51.9 Å². The number of rotatable bonds is 4. The number of oxazole rings is 1. The van der Waals surface area contributed by atoms with Crippen molar-refractivity contribution in [2.24, 2.45) is 0 Å². The molecule has 0 radical (unpaired) electrons. The van der Waals surface area contributed by atoms with Crippen molar-refractivity contribution >= 4 is 16.7 Å². The number of pyridine rings is 1. The van der Waals surface area contributed by atoms with E-state index in [1.165, 1.54) is 0 Å². The van der Waals surface area contributed by atoms with Gasteiger partial charge in [-0.25, -0.2) is 18.7 Å². The van der Waals surface area contributed by atoms with Gasteiger partial charge in [-0.3, -0.25) is 0 Å². The van der Waals surface area contributed by atoms with Crippen LogP contribution in [-0.2, 0) is 6.54 Å². The molecule has 1 saturated heterocycles. The third-order valence-corrected chi connectivity index (χ3v) is 5.11. The van der Waals surface area contributed by atoms with Crippen LogP contribution in [0.4, 0.5) is 10.2 Å². The minimum atomic E-state index is -1.36. The maximum absolute atomic E-state index is 15.1. The lowest BCUT2D eigenvalue weighted by Gasteiger charge is -2.37. The fraction of sp³-hybridized carbons (Fsp3) is 0.368. The summed E-state index contributed by atoms with van der Waals surface area (Å²) in [5.41, 5.74) is -0.437. The Bertz CT molecular complexity index is 973. The van der Waals surface area contributed by atoms with E-state index < -0.39 is 11.4 Å². The molecule has 0 bridgehead atoms. The Morgan fingerprint density at radius 2 is 1.96 bits per heavy atom. The van der Waals surface area contributed by atoms with E-state index in [1.54, 1.807) is 0 Å². The lowest BCUT2D eigenvalue weighted by atomic mass is 9.90. The van der Waals surface area contributed by atoms with Gasteiger partial charge in [-0.05, 0) is 37.5 Å². The second kappa shape index (κ2) is 6.48. The smallest absolute Gasteiger partial charge is 0.421 e. The Morgan fingerprint density at radius 1 is 1.19 bits per heavy atom. The molecule has 2 aromatic heterocycles. The molecule has 1 aromatic carbocycles. The Morgan fingerprint density at radius 3 is 2.69 bits per heavy atom. The summed E-state index contributed by atoms with van der Waals surface area (Å²) in [6.45, 7) is 1.23. The van der Waals surface area contributed by atoms with Gasteiger partial charge < -0.3 is 14.4 Å². The van der Waals surface area contributed by atoms with Crippen LogP contribution < -0.4 is 10.7 Å². The van der Waals surface area contributed by atoms with Crippen LogP contribution in [0, 0.1) is 0 Å². The van der Waals surface area contributed by atoms with Crippen LogP contribution in [0.3, 0.4) is 0 Å². The first-order chi connectivity index (χ1) is 12.5. The van der Waals surface area contributed by atoms with E-state index in [-0.39, 0.29) is 18.8 Å². The third kappa shape index (κ3) is 3.16. The molecule has 7 heteroatoms. The number of halogens is 1. The number of alkyl halides is 1. The number of aromatic nitrogens is 2. The lowest BCUT2D eigenvalue weighted by molar-refractivity contribution is 0.106. The summed E-state index contributed by atoms with van der Waals surface area (Å²) in [7, 11) is 0. The normalized spacial score (nSPS) is 16.9. The minimum absolute atomic E-state index is 0.103. The van der Waals surface area contributed by atoms with Gasteiger partial charge in [0.1, 0.15) is 11.5 Å². The number of hydrogen-bond donors (Lipinski definition) is 1. The van der Waals surface area contributed by atoms with Gasteiger partial charge in [0.2, 0.25) is 5.88 Å². The molecule has 3 aromatic rings. The molecule has 4 rings (SSSR count). The summed E-state index contributed by atoms with van der Waals surface area (Å²) in [5, 5.41) is 10.6. The number of fused-ring (bicyclic) bond motifs is 1. The van der Waals surface area contributed by atoms with Crippen molar-refractivity contribution in [3.63, 3.8) is 0 Å². The van der Waals surface area contributed by atoms with Gasteiger partial charge in [-0.1, -0.05) is 18.2 Å². The summed E-state index contributed by atoms with van der Waals surface area (Å²) in [5.74, 6) is -0.0743. The van der Waals surface area contributed by atoms with Gasteiger partial charge in [0.25, 0.3) is 0 Å². The molecule has 0 spiro atoms. The zero-order chi connectivity index (χ0) is 18.1. The van der Waals surface area contributed by atoms with Crippen LogP contribution in [-0.4, -0.2) is 33.4 Å². The van der Waals surface area contributed by atoms with E-state index in [1.807, 2.05) is 36.4 Å². The van der Waals surface area contributed by atoms with E-state index >= 15 is 4.39 Å².